The van der Waals surface area contributed by atoms with Crippen molar-refractivity contribution in [2.75, 3.05) is 10.0 Å². The first-order valence-corrected chi connectivity index (χ1v) is 12.0. The number of sulfonamides is 1. The standard InChI is InChI=1S/C23H24N2O3S2/c1-17-13-14-20(15-22(17)25-30(27,28)21-11-7-4-8-12-21)24-23(26)18(2)29-16-19-9-5-3-6-10-19/h3-15,18,25H,16H2,1-2H3,(H,24,26). The van der Waals surface area contributed by atoms with E-state index in [0.717, 1.165) is 16.9 Å². The minimum absolute atomic E-state index is 0.128. The molecule has 0 aliphatic rings. The van der Waals surface area contributed by atoms with Crippen LogP contribution in [0.25, 0.3) is 0 Å². The second-order valence-corrected chi connectivity index (χ2v) is 9.89. The number of carbonyl (C=O) groups is 1. The first-order valence-electron chi connectivity index (χ1n) is 9.50. The molecule has 156 valence electrons. The van der Waals surface area contributed by atoms with E-state index in [2.05, 4.69) is 10.0 Å². The molecule has 2 N–H and O–H groups in total. The molecule has 0 spiro atoms. The van der Waals surface area contributed by atoms with Gasteiger partial charge in [-0.05, 0) is 49.2 Å². The largest absolute Gasteiger partial charge is 0.325 e. The highest BCUT2D eigenvalue weighted by atomic mass is 32.2. The maximum absolute atomic E-state index is 12.6. The number of benzene rings is 3. The Labute approximate surface area is 182 Å². The van der Waals surface area contributed by atoms with Crippen molar-refractivity contribution < 1.29 is 13.2 Å². The normalized spacial score (nSPS) is 12.2. The first kappa shape index (κ1) is 21.9. The molecule has 0 saturated carbocycles. The predicted octanol–water partition coefficient (Wildman–Crippen LogP) is 5.06. The van der Waals surface area contributed by atoms with Crippen LogP contribution in [0, 0.1) is 6.92 Å². The number of hydrogen-bond acceptors (Lipinski definition) is 4. The zero-order chi connectivity index (χ0) is 21.6. The van der Waals surface area contributed by atoms with Crippen LogP contribution >= 0.6 is 11.8 Å². The van der Waals surface area contributed by atoms with Crippen molar-refractivity contribution in [2.24, 2.45) is 0 Å². The Kier molecular flexibility index (Phi) is 7.18. The summed E-state index contributed by atoms with van der Waals surface area (Å²) in [5, 5.41) is 2.62. The summed E-state index contributed by atoms with van der Waals surface area (Å²) in [4.78, 5) is 12.8. The molecule has 0 radical (unpaired) electrons. The number of aryl methyl sites for hydroxylation is 1. The third-order valence-electron chi connectivity index (χ3n) is 4.51. The molecule has 3 aromatic rings. The average molecular weight is 441 g/mol. The van der Waals surface area contributed by atoms with Gasteiger partial charge in [-0.1, -0.05) is 54.6 Å². The smallest absolute Gasteiger partial charge is 0.261 e. The van der Waals surface area contributed by atoms with Crippen LogP contribution in [0.4, 0.5) is 11.4 Å². The van der Waals surface area contributed by atoms with E-state index in [1.54, 1.807) is 48.2 Å². The fourth-order valence-corrected chi connectivity index (χ4v) is 4.72. The number of thioether (sulfide) groups is 1. The van der Waals surface area contributed by atoms with Crippen molar-refractivity contribution >= 4 is 39.1 Å². The predicted molar refractivity (Wildman–Crippen MR) is 124 cm³/mol. The Morgan fingerprint density at radius 1 is 0.967 bits per heavy atom. The van der Waals surface area contributed by atoms with E-state index < -0.39 is 10.0 Å². The highest BCUT2D eigenvalue weighted by molar-refractivity contribution is 7.99. The number of anilines is 2. The van der Waals surface area contributed by atoms with Gasteiger partial charge in [-0.3, -0.25) is 9.52 Å². The summed E-state index contributed by atoms with van der Waals surface area (Å²) in [6.45, 7) is 3.67. The maximum Gasteiger partial charge on any atom is 0.261 e. The van der Waals surface area contributed by atoms with Crippen LogP contribution in [0.2, 0.25) is 0 Å². The van der Waals surface area contributed by atoms with Gasteiger partial charge in [0.15, 0.2) is 0 Å². The Hall–Kier alpha value is -2.77. The molecule has 5 nitrogen and oxygen atoms in total. The number of hydrogen-bond donors (Lipinski definition) is 2. The van der Waals surface area contributed by atoms with Gasteiger partial charge < -0.3 is 5.32 Å². The van der Waals surface area contributed by atoms with Gasteiger partial charge in [0.05, 0.1) is 15.8 Å². The van der Waals surface area contributed by atoms with E-state index in [1.807, 2.05) is 44.2 Å². The topological polar surface area (TPSA) is 75.3 Å². The van der Waals surface area contributed by atoms with Crippen molar-refractivity contribution in [1.29, 1.82) is 0 Å². The number of carbonyl (C=O) groups excluding carboxylic acids is 1. The Morgan fingerprint density at radius 2 is 1.60 bits per heavy atom. The van der Waals surface area contributed by atoms with E-state index in [1.165, 1.54) is 12.1 Å². The summed E-state index contributed by atoms with van der Waals surface area (Å²) in [6, 6.07) is 23.3. The number of amides is 1. The first-order chi connectivity index (χ1) is 14.3. The summed E-state index contributed by atoms with van der Waals surface area (Å²) in [5.41, 5.74) is 2.90. The Bertz CT molecular complexity index is 1100. The lowest BCUT2D eigenvalue weighted by Crippen LogP contribution is -2.22. The monoisotopic (exact) mass is 440 g/mol. The summed E-state index contributed by atoms with van der Waals surface area (Å²) in [7, 11) is -3.70. The Balaban J connectivity index is 1.66. The van der Waals surface area contributed by atoms with Crippen molar-refractivity contribution in [1.82, 2.24) is 0 Å². The molecule has 0 aliphatic heterocycles. The lowest BCUT2D eigenvalue weighted by Gasteiger charge is -2.15. The van der Waals surface area contributed by atoms with Crippen LogP contribution in [0.5, 0.6) is 0 Å². The zero-order valence-electron chi connectivity index (χ0n) is 16.8. The molecular weight excluding hydrogens is 416 g/mol. The molecular formula is C23H24N2O3S2. The van der Waals surface area contributed by atoms with E-state index in [9.17, 15) is 13.2 Å². The van der Waals surface area contributed by atoms with Crippen molar-refractivity contribution in [3.63, 3.8) is 0 Å². The van der Waals surface area contributed by atoms with Gasteiger partial charge in [0.2, 0.25) is 5.91 Å². The fraction of sp³-hybridized carbons (Fsp3) is 0.174. The molecule has 3 rings (SSSR count). The summed E-state index contributed by atoms with van der Waals surface area (Å²) in [5.74, 6) is 0.613. The summed E-state index contributed by atoms with van der Waals surface area (Å²) >= 11 is 1.55. The molecule has 7 heteroatoms. The van der Waals surface area contributed by atoms with Gasteiger partial charge in [-0.15, -0.1) is 11.8 Å². The highest BCUT2D eigenvalue weighted by Gasteiger charge is 2.17. The van der Waals surface area contributed by atoms with Crippen molar-refractivity contribution in [3.05, 3.63) is 90.0 Å². The SMILES string of the molecule is Cc1ccc(NC(=O)C(C)SCc2ccccc2)cc1NS(=O)(=O)c1ccccc1. The maximum atomic E-state index is 12.6. The average Bonchev–Trinajstić information content (AvgIpc) is 2.75. The molecule has 0 bridgehead atoms. The lowest BCUT2D eigenvalue weighted by atomic mass is 10.2. The van der Waals surface area contributed by atoms with Crippen LogP contribution in [0.15, 0.2) is 83.8 Å². The van der Waals surface area contributed by atoms with Gasteiger partial charge in [0.25, 0.3) is 10.0 Å². The van der Waals surface area contributed by atoms with Gasteiger partial charge in [-0.25, -0.2) is 8.42 Å². The zero-order valence-corrected chi connectivity index (χ0v) is 18.5. The molecule has 0 aliphatic carbocycles. The molecule has 0 heterocycles. The van der Waals surface area contributed by atoms with E-state index in [0.29, 0.717) is 11.4 Å². The molecule has 1 amide bonds. The minimum atomic E-state index is -3.70. The van der Waals surface area contributed by atoms with Crippen LogP contribution in [-0.4, -0.2) is 19.6 Å². The number of nitrogens with one attached hydrogen (secondary N) is 2. The van der Waals surface area contributed by atoms with Crippen LogP contribution in [0.3, 0.4) is 0 Å². The van der Waals surface area contributed by atoms with E-state index >= 15 is 0 Å². The van der Waals surface area contributed by atoms with Gasteiger partial charge in [0.1, 0.15) is 0 Å². The van der Waals surface area contributed by atoms with Crippen molar-refractivity contribution in [2.45, 2.75) is 29.7 Å². The Morgan fingerprint density at radius 3 is 2.27 bits per heavy atom. The van der Waals surface area contributed by atoms with E-state index in [-0.39, 0.29) is 16.1 Å². The molecule has 0 fully saturated rings. The van der Waals surface area contributed by atoms with E-state index in [4.69, 9.17) is 0 Å². The second kappa shape index (κ2) is 9.82. The van der Waals surface area contributed by atoms with Gasteiger partial charge in [-0.2, -0.15) is 0 Å². The second-order valence-electron chi connectivity index (χ2n) is 6.88. The highest BCUT2D eigenvalue weighted by Crippen LogP contribution is 2.25. The third-order valence-corrected chi connectivity index (χ3v) is 7.11. The summed E-state index contributed by atoms with van der Waals surface area (Å²) in [6.07, 6.45) is 0. The molecule has 1 atom stereocenters. The van der Waals surface area contributed by atoms with Crippen molar-refractivity contribution in [3.8, 4) is 0 Å². The molecule has 3 aromatic carbocycles. The van der Waals surface area contributed by atoms with Crippen LogP contribution in [-0.2, 0) is 20.6 Å². The fourth-order valence-electron chi connectivity index (χ4n) is 2.73. The minimum Gasteiger partial charge on any atom is -0.325 e. The van der Waals surface area contributed by atoms with Crippen LogP contribution in [0.1, 0.15) is 18.1 Å². The lowest BCUT2D eigenvalue weighted by molar-refractivity contribution is -0.115. The quantitative estimate of drug-likeness (QED) is 0.514. The molecule has 0 aromatic heterocycles. The number of rotatable bonds is 8. The van der Waals surface area contributed by atoms with Gasteiger partial charge in [0, 0.05) is 11.4 Å². The molecule has 1 unspecified atom stereocenters. The molecule has 0 saturated heterocycles. The van der Waals surface area contributed by atoms with Crippen LogP contribution < -0.4 is 10.0 Å². The summed E-state index contributed by atoms with van der Waals surface area (Å²) < 4.78 is 27.8. The van der Waals surface area contributed by atoms with Gasteiger partial charge >= 0.3 is 0 Å². The third kappa shape index (κ3) is 5.87. The molecule has 30 heavy (non-hydrogen) atoms.